The number of hydrogen-bond acceptors (Lipinski definition) is 5. The maximum Gasteiger partial charge on any atom is 0.194 e. The Morgan fingerprint density at radius 2 is 1.94 bits per heavy atom. The van der Waals surface area contributed by atoms with Crippen LogP contribution in [0.25, 0.3) is 11.8 Å². The molecule has 0 bridgehead atoms. The molecule has 4 rings (SSSR count). The van der Waals surface area contributed by atoms with Crippen molar-refractivity contribution in [3.8, 4) is 5.69 Å². The number of rotatable bonds is 7. The molecule has 0 atom stereocenters. The average molecular weight is 481 g/mol. The number of carbonyl (C=O) groups excluding carboxylic acids is 1. The number of halogens is 3. The molecule has 1 heterocycles. The number of aryl methyl sites for hydroxylation is 1. The molecule has 0 saturated heterocycles. The summed E-state index contributed by atoms with van der Waals surface area (Å²) in [6.07, 6.45) is 4.85. The van der Waals surface area contributed by atoms with E-state index in [2.05, 4.69) is 15.6 Å². The van der Waals surface area contributed by atoms with Gasteiger partial charge in [-0.15, -0.1) is 5.10 Å². The molecular weight excluding hydrogens is 462 g/mol. The second kappa shape index (κ2) is 9.94. The summed E-state index contributed by atoms with van der Waals surface area (Å²) in [4.78, 5) is 13.3. The van der Waals surface area contributed by atoms with Crippen LogP contribution in [0, 0.1) is 18.6 Å². The van der Waals surface area contributed by atoms with Crippen LogP contribution in [0.5, 0.6) is 0 Å². The molecule has 34 heavy (non-hydrogen) atoms. The molecule has 2 N–H and O–H groups in total. The zero-order chi connectivity index (χ0) is 24.2. The van der Waals surface area contributed by atoms with Crippen molar-refractivity contribution in [1.29, 1.82) is 0 Å². The van der Waals surface area contributed by atoms with E-state index in [-0.39, 0.29) is 28.7 Å². The molecule has 0 spiro atoms. The zero-order valence-corrected chi connectivity index (χ0v) is 18.7. The molecule has 3 aromatic carbocycles. The smallest absolute Gasteiger partial charge is 0.194 e. The van der Waals surface area contributed by atoms with Crippen molar-refractivity contribution in [2.24, 2.45) is 0 Å². The molecule has 6 nitrogen and oxygen atoms in total. The van der Waals surface area contributed by atoms with Crippen molar-refractivity contribution in [2.75, 3.05) is 11.9 Å². The van der Waals surface area contributed by atoms with Crippen LogP contribution in [0.3, 0.4) is 0 Å². The monoisotopic (exact) mass is 480 g/mol. The third-order valence-corrected chi connectivity index (χ3v) is 5.37. The first-order chi connectivity index (χ1) is 16.4. The van der Waals surface area contributed by atoms with Crippen molar-refractivity contribution < 1.29 is 18.7 Å². The van der Waals surface area contributed by atoms with Crippen LogP contribution in [0.1, 0.15) is 27.2 Å². The standard InChI is InChI=1S/C25H19ClF2N4O2/c1-15-4-7-19(32-14-18(30-31-32)3-2-10-33)13-21(15)25(34)20-8-6-17(12-22(20)26)29-24-9-5-16(27)11-23(24)28/h2-9,11-14,29,33H,10H2,1H3. The average Bonchev–Trinajstić information content (AvgIpc) is 3.28. The van der Waals surface area contributed by atoms with Gasteiger partial charge in [0.05, 0.1) is 29.2 Å². The molecule has 4 aromatic rings. The Morgan fingerprint density at radius 1 is 1.12 bits per heavy atom. The van der Waals surface area contributed by atoms with Crippen LogP contribution < -0.4 is 5.32 Å². The third kappa shape index (κ3) is 5.03. The van der Waals surface area contributed by atoms with E-state index in [9.17, 15) is 13.6 Å². The van der Waals surface area contributed by atoms with E-state index >= 15 is 0 Å². The Balaban J connectivity index is 1.60. The molecule has 0 aliphatic heterocycles. The van der Waals surface area contributed by atoms with E-state index in [1.165, 1.54) is 16.8 Å². The fraction of sp³-hybridized carbons (Fsp3) is 0.0800. The molecule has 1 aromatic heterocycles. The van der Waals surface area contributed by atoms with Crippen molar-refractivity contribution in [3.05, 3.63) is 106 Å². The van der Waals surface area contributed by atoms with Crippen LogP contribution >= 0.6 is 11.6 Å². The van der Waals surface area contributed by atoms with Gasteiger partial charge in [0, 0.05) is 22.9 Å². The highest BCUT2D eigenvalue weighted by molar-refractivity contribution is 6.35. The van der Waals surface area contributed by atoms with Gasteiger partial charge >= 0.3 is 0 Å². The summed E-state index contributed by atoms with van der Waals surface area (Å²) in [5.74, 6) is -1.71. The lowest BCUT2D eigenvalue weighted by Crippen LogP contribution is -2.07. The molecule has 0 aliphatic carbocycles. The lowest BCUT2D eigenvalue weighted by molar-refractivity contribution is 0.103. The minimum Gasteiger partial charge on any atom is -0.392 e. The van der Waals surface area contributed by atoms with Crippen molar-refractivity contribution in [3.63, 3.8) is 0 Å². The van der Waals surface area contributed by atoms with Crippen molar-refractivity contribution in [2.45, 2.75) is 6.92 Å². The number of carbonyl (C=O) groups is 1. The number of hydrogen-bond donors (Lipinski definition) is 2. The number of aromatic nitrogens is 3. The molecule has 0 unspecified atom stereocenters. The Labute approximate surface area is 199 Å². The highest BCUT2D eigenvalue weighted by Gasteiger charge is 2.17. The maximum atomic E-state index is 13.9. The van der Waals surface area contributed by atoms with E-state index in [1.807, 2.05) is 13.0 Å². The van der Waals surface area contributed by atoms with Gasteiger partial charge in [0.15, 0.2) is 5.78 Å². The van der Waals surface area contributed by atoms with Gasteiger partial charge in [-0.25, -0.2) is 13.5 Å². The number of nitrogens with one attached hydrogen (secondary N) is 1. The summed E-state index contributed by atoms with van der Waals surface area (Å²) < 4.78 is 28.6. The second-order valence-electron chi connectivity index (χ2n) is 7.45. The Morgan fingerprint density at radius 3 is 2.68 bits per heavy atom. The van der Waals surface area contributed by atoms with Crippen molar-refractivity contribution >= 4 is 34.8 Å². The van der Waals surface area contributed by atoms with E-state index in [1.54, 1.807) is 42.6 Å². The summed E-state index contributed by atoms with van der Waals surface area (Å²) in [7, 11) is 0. The number of ketones is 1. The molecule has 0 aliphatic rings. The lowest BCUT2D eigenvalue weighted by Gasteiger charge is -2.12. The van der Waals surface area contributed by atoms with Gasteiger partial charge in [-0.05, 0) is 61.0 Å². The van der Waals surface area contributed by atoms with Crippen LogP contribution in [-0.4, -0.2) is 32.5 Å². The molecule has 0 radical (unpaired) electrons. The zero-order valence-electron chi connectivity index (χ0n) is 18.0. The molecular formula is C25H19ClF2N4O2. The van der Waals surface area contributed by atoms with Gasteiger partial charge in [-0.1, -0.05) is 29.0 Å². The number of aliphatic hydroxyl groups is 1. The van der Waals surface area contributed by atoms with Crippen LogP contribution in [-0.2, 0) is 0 Å². The Hall–Kier alpha value is -3.88. The minimum absolute atomic E-state index is 0.0844. The largest absolute Gasteiger partial charge is 0.392 e. The highest BCUT2D eigenvalue weighted by Crippen LogP contribution is 2.28. The third-order valence-electron chi connectivity index (χ3n) is 5.06. The molecule has 0 fully saturated rings. The summed E-state index contributed by atoms with van der Waals surface area (Å²) in [6, 6.07) is 13.2. The summed E-state index contributed by atoms with van der Waals surface area (Å²) >= 11 is 6.40. The first kappa shape index (κ1) is 23.3. The van der Waals surface area contributed by atoms with Crippen LogP contribution in [0.2, 0.25) is 5.02 Å². The normalized spacial score (nSPS) is 11.2. The summed E-state index contributed by atoms with van der Waals surface area (Å²) in [5.41, 5.74) is 3.19. The fourth-order valence-corrected chi connectivity index (χ4v) is 3.58. The lowest BCUT2D eigenvalue weighted by atomic mass is 9.98. The van der Waals surface area contributed by atoms with E-state index in [4.69, 9.17) is 16.7 Å². The molecule has 0 amide bonds. The van der Waals surface area contributed by atoms with Gasteiger partial charge in [0.2, 0.25) is 0 Å². The Kier molecular flexibility index (Phi) is 6.81. The van der Waals surface area contributed by atoms with Crippen LogP contribution in [0.4, 0.5) is 20.2 Å². The van der Waals surface area contributed by atoms with Gasteiger partial charge in [0.25, 0.3) is 0 Å². The number of benzene rings is 3. The van der Waals surface area contributed by atoms with Gasteiger partial charge in [-0.3, -0.25) is 4.79 Å². The minimum atomic E-state index is -0.744. The number of nitrogens with zero attached hydrogens (tertiary/aromatic N) is 3. The highest BCUT2D eigenvalue weighted by atomic mass is 35.5. The Bertz CT molecular complexity index is 1400. The van der Waals surface area contributed by atoms with Crippen molar-refractivity contribution in [1.82, 2.24) is 15.0 Å². The number of anilines is 2. The summed E-state index contributed by atoms with van der Waals surface area (Å²) in [5, 5.41) is 20.0. The van der Waals surface area contributed by atoms with Gasteiger partial charge in [0.1, 0.15) is 17.3 Å². The fourth-order valence-electron chi connectivity index (χ4n) is 3.32. The van der Waals surface area contributed by atoms with E-state index < -0.39 is 11.6 Å². The van der Waals surface area contributed by atoms with Gasteiger partial charge < -0.3 is 10.4 Å². The second-order valence-corrected chi connectivity index (χ2v) is 7.85. The summed E-state index contributed by atoms with van der Waals surface area (Å²) in [6.45, 7) is 1.71. The molecule has 9 heteroatoms. The number of aliphatic hydroxyl groups excluding tert-OH is 1. The van der Waals surface area contributed by atoms with E-state index in [0.717, 1.165) is 17.7 Å². The SMILES string of the molecule is Cc1ccc(-n2cc(C=CCO)nn2)cc1C(=O)c1ccc(Nc2ccc(F)cc2F)cc1Cl. The predicted molar refractivity (Wildman–Crippen MR) is 127 cm³/mol. The first-order valence-corrected chi connectivity index (χ1v) is 10.6. The predicted octanol–water partition coefficient (Wildman–Crippen LogP) is 5.49. The van der Waals surface area contributed by atoms with Gasteiger partial charge in [-0.2, -0.15) is 0 Å². The first-order valence-electron chi connectivity index (χ1n) is 10.2. The topological polar surface area (TPSA) is 80.0 Å². The van der Waals surface area contributed by atoms with E-state index in [0.29, 0.717) is 22.6 Å². The quantitative estimate of drug-likeness (QED) is 0.342. The maximum absolute atomic E-state index is 13.9. The molecule has 172 valence electrons. The molecule has 0 saturated carbocycles. The van der Waals surface area contributed by atoms with Crippen LogP contribution in [0.15, 0.2) is 66.9 Å².